The van der Waals surface area contributed by atoms with Crippen LogP contribution in [0.2, 0.25) is 0 Å². The predicted molar refractivity (Wildman–Crippen MR) is 131 cm³/mol. The smallest absolute Gasteiger partial charge is 0.0700 e. The first-order chi connectivity index (χ1) is 15.5. The molecule has 1 saturated heterocycles. The average Bonchev–Trinajstić information content (AvgIpc) is 3.52. The first-order valence-electron chi connectivity index (χ1n) is 12.4. The van der Waals surface area contributed by atoms with Gasteiger partial charge in [-0.2, -0.15) is 5.10 Å². The lowest BCUT2D eigenvalue weighted by molar-refractivity contribution is 0.0475. The fraction of sp³-hybridized carbons (Fsp3) is 0.536. The predicted octanol–water partition coefficient (Wildman–Crippen LogP) is 5.70. The average molecular weight is 432 g/mol. The zero-order valence-corrected chi connectivity index (χ0v) is 19.8. The minimum Gasteiger partial charge on any atom is -0.393 e. The molecule has 2 aliphatic rings. The molecule has 0 radical (unpaired) electrons. The first kappa shape index (κ1) is 21.7. The summed E-state index contributed by atoms with van der Waals surface area (Å²) in [4.78, 5) is 2.52. The third-order valence-corrected chi connectivity index (χ3v) is 8.22. The Hall–Kier alpha value is -2.17. The van der Waals surface area contributed by atoms with Crippen molar-refractivity contribution in [3.63, 3.8) is 0 Å². The zero-order chi connectivity index (χ0) is 22.3. The number of fused-ring (bicyclic) bond motifs is 1. The van der Waals surface area contributed by atoms with Gasteiger partial charge in [0.15, 0.2) is 0 Å². The number of benzene rings is 2. The van der Waals surface area contributed by atoms with E-state index in [-0.39, 0.29) is 11.5 Å². The number of likely N-dealkylation sites (tertiary alicyclic amines) is 1. The van der Waals surface area contributed by atoms with Gasteiger partial charge in [-0.1, -0.05) is 69.2 Å². The number of hydrogen-bond acceptors (Lipinski definition) is 3. The molecule has 2 heterocycles. The molecule has 1 saturated carbocycles. The van der Waals surface area contributed by atoms with Crippen LogP contribution in [-0.2, 0) is 13.0 Å². The summed E-state index contributed by atoms with van der Waals surface area (Å²) >= 11 is 0. The first-order valence-corrected chi connectivity index (χ1v) is 12.4. The van der Waals surface area contributed by atoms with Crippen LogP contribution >= 0.6 is 0 Å². The lowest BCUT2D eigenvalue weighted by Gasteiger charge is -2.34. The third-order valence-electron chi connectivity index (χ3n) is 8.22. The van der Waals surface area contributed by atoms with Crippen LogP contribution in [0, 0.1) is 5.41 Å². The monoisotopic (exact) mass is 431 g/mol. The van der Waals surface area contributed by atoms with Gasteiger partial charge in [0.05, 0.1) is 23.4 Å². The summed E-state index contributed by atoms with van der Waals surface area (Å²) in [6.45, 7) is 9.25. The van der Waals surface area contributed by atoms with Gasteiger partial charge in [0, 0.05) is 36.4 Å². The molecule has 3 atom stereocenters. The van der Waals surface area contributed by atoms with Crippen LogP contribution in [0.15, 0.2) is 48.5 Å². The Morgan fingerprint density at radius 2 is 1.88 bits per heavy atom. The Morgan fingerprint density at radius 1 is 1.12 bits per heavy atom. The maximum absolute atomic E-state index is 10.9. The minimum atomic E-state index is -0.366. The van der Waals surface area contributed by atoms with Gasteiger partial charge in [0.1, 0.15) is 0 Å². The van der Waals surface area contributed by atoms with E-state index in [4.69, 9.17) is 5.10 Å². The molecule has 1 aliphatic heterocycles. The second-order valence-electron chi connectivity index (χ2n) is 10.3. The van der Waals surface area contributed by atoms with Crippen LogP contribution in [0.3, 0.4) is 0 Å². The maximum Gasteiger partial charge on any atom is 0.0700 e. The number of aryl methyl sites for hydroxylation is 1. The van der Waals surface area contributed by atoms with Gasteiger partial charge in [-0.25, -0.2) is 0 Å². The molecule has 4 nitrogen and oxygen atoms in total. The second-order valence-corrected chi connectivity index (χ2v) is 10.3. The van der Waals surface area contributed by atoms with E-state index < -0.39 is 0 Å². The molecule has 1 aromatic heterocycles. The fourth-order valence-corrected chi connectivity index (χ4v) is 6.12. The Kier molecular flexibility index (Phi) is 5.85. The summed E-state index contributed by atoms with van der Waals surface area (Å²) < 4.78 is 2.33. The van der Waals surface area contributed by atoms with Gasteiger partial charge >= 0.3 is 0 Å². The Balaban J connectivity index is 1.51. The van der Waals surface area contributed by atoms with Crippen molar-refractivity contribution in [2.45, 2.75) is 77.5 Å². The van der Waals surface area contributed by atoms with Crippen LogP contribution in [0.25, 0.3) is 10.9 Å². The highest BCUT2D eigenvalue weighted by Gasteiger charge is 2.46. The lowest BCUT2D eigenvalue weighted by atomic mass is 9.72. The van der Waals surface area contributed by atoms with Gasteiger partial charge in [0.2, 0.25) is 0 Å². The molecule has 0 unspecified atom stereocenters. The van der Waals surface area contributed by atoms with E-state index >= 15 is 0 Å². The topological polar surface area (TPSA) is 41.3 Å². The Morgan fingerprint density at radius 3 is 2.56 bits per heavy atom. The van der Waals surface area contributed by atoms with Crippen LogP contribution in [0.1, 0.15) is 75.2 Å². The SMILES string of the molecule is CCc1nn(C2CCCC2)c2cc([C@@H]3CN(Cc4ccccc4)C[C@@]3(C)[C@H](C)O)ccc12. The van der Waals surface area contributed by atoms with Crippen molar-refractivity contribution in [2.75, 3.05) is 13.1 Å². The van der Waals surface area contributed by atoms with Crippen molar-refractivity contribution in [3.8, 4) is 0 Å². The Labute approximate surface area is 192 Å². The highest BCUT2D eigenvalue weighted by atomic mass is 16.3. The molecule has 0 spiro atoms. The molecule has 32 heavy (non-hydrogen) atoms. The van der Waals surface area contributed by atoms with Crippen LogP contribution < -0.4 is 0 Å². The summed E-state index contributed by atoms with van der Waals surface area (Å²) in [5, 5.41) is 17.2. The molecule has 0 bridgehead atoms. The van der Waals surface area contributed by atoms with E-state index in [2.05, 4.69) is 72.0 Å². The number of hydrogen-bond donors (Lipinski definition) is 1. The number of aliphatic hydroxyl groups excluding tert-OH is 1. The number of aromatic nitrogens is 2. The van der Waals surface area contributed by atoms with E-state index in [1.807, 2.05) is 6.92 Å². The van der Waals surface area contributed by atoms with Gasteiger partial charge < -0.3 is 5.11 Å². The van der Waals surface area contributed by atoms with Crippen LogP contribution in [0.4, 0.5) is 0 Å². The molecule has 2 fully saturated rings. The molecule has 1 aliphatic carbocycles. The quantitative estimate of drug-likeness (QED) is 0.544. The van der Waals surface area contributed by atoms with Crippen molar-refractivity contribution in [1.29, 1.82) is 0 Å². The fourth-order valence-electron chi connectivity index (χ4n) is 6.12. The van der Waals surface area contributed by atoms with E-state index in [0.29, 0.717) is 12.0 Å². The summed E-state index contributed by atoms with van der Waals surface area (Å²) in [5.41, 5.74) is 5.02. The van der Waals surface area contributed by atoms with Crippen molar-refractivity contribution >= 4 is 10.9 Å². The summed E-state index contributed by atoms with van der Waals surface area (Å²) in [6, 6.07) is 18.2. The Bertz CT molecular complexity index is 1070. The van der Waals surface area contributed by atoms with Gasteiger partial charge in [-0.15, -0.1) is 0 Å². The standard InChI is InChI=1S/C28H37N3O/c1-4-26-24-15-14-22(16-27(24)31(29-26)23-12-8-9-13-23)25-18-30(19-28(25,3)20(2)32)17-21-10-6-5-7-11-21/h5-7,10-11,14-16,20,23,25,32H,4,8-9,12-13,17-19H2,1-3H3/t20-,25-,28-/m0/s1. The normalized spacial score (nSPS) is 25.7. The van der Waals surface area contributed by atoms with E-state index in [1.54, 1.807) is 0 Å². The molecule has 0 amide bonds. The molecule has 4 heteroatoms. The van der Waals surface area contributed by atoms with Crippen LogP contribution in [0.5, 0.6) is 0 Å². The largest absolute Gasteiger partial charge is 0.393 e. The second kappa shape index (κ2) is 8.64. The highest BCUT2D eigenvalue weighted by Crippen LogP contribution is 2.46. The third kappa shape index (κ3) is 3.78. The van der Waals surface area contributed by atoms with Crippen LogP contribution in [-0.4, -0.2) is 39.0 Å². The number of rotatable bonds is 6. The maximum atomic E-state index is 10.9. The molecule has 1 N–H and O–H groups in total. The van der Waals surface area contributed by atoms with Gasteiger partial charge in [-0.3, -0.25) is 9.58 Å². The van der Waals surface area contributed by atoms with Gasteiger partial charge in [-0.05, 0) is 43.4 Å². The van der Waals surface area contributed by atoms with Gasteiger partial charge in [0.25, 0.3) is 0 Å². The summed E-state index contributed by atoms with van der Waals surface area (Å²) in [5.74, 6) is 0.299. The molecule has 2 aromatic carbocycles. The minimum absolute atomic E-state index is 0.172. The lowest BCUT2D eigenvalue weighted by Crippen LogP contribution is -2.37. The molecule has 5 rings (SSSR count). The van der Waals surface area contributed by atoms with E-state index in [0.717, 1.165) is 26.1 Å². The molecular formula is C28H37N3O. The zero-order valence-electron chi connectivity index (χ0n) is 19.8. The summed E-state index contributed by atoms with van der Waals surface area (Å²) in [6.07, 6.45) is 5.70. The molecule has 170 valence electrons. The molecular weight excluding hydrogens is 394 g/mol. The van der Waals surface area contributed by atoms with Crippen molar-refractivity contribution in [1.82, 2.24) is 14.7 Å². The molecule has 3 aromatic rings. The summed E-state index contributed by atoms with van der Waals surface area (Å²) in [7, 11) is 0. The number of aliphatic hydroxyl groups is 1. The highest BCUT2D eigenvalue weighted by molar-refractivity contribution is 5.83. The van der Waals surface area contributed by atoms with Crippen molar-refractivity contribution in [3.05, 3.63) is 65.4 Å². The number of nitrogens with zero attached hydrogens (tertiary/aromatic N) is 3. The van der Waals surface area contributed by atoms with Crippen molar-refractivity contribution in [2.24, 2.45) is 5.41 Å². The van der Waals surface area contributed by atoms with Crippen molar-refractivity contribution < 1.29 is 5.11 Å². The van der Waals surface area contributed by atoms with E-state index in [9.17, 15) is 5.11 Å². The van der Waals surface area contributed by atoms with E-state index in [1.165, 1.54) is 53.4 Å².